The average molecular weight is 368 g/mol. The summed E-state index contributed by atoms with van der Waals surface area (Å²) in [5.74, 6) is 1.78. The van der Waals surface area contributed by atoms with Crippen LogP contribution >= 0.6 is 0 Å². The summed E-state index contributed by atoms with van der Waals surface area (Å²) >= 11 is 0. The number of amides is 1. The van der Waals surface area contributed by atoms with Gasteiger partial charge in [-0.15, -0.1) is 0 Å². The lowest BCUT2D eigenvalue weighted by Gasteiger charge is -2.27. The van der Waals surface area contributed by atoms with Crippen molar-refractivity contribution in [3.8, 4) is 11.5 Å². The minimum absolute atomic E-state index is 0.00258. The van der Waals surface area contributed by atoms with E-state index in [-0.39, 0.29) is 30.2 Å². The number of sulfone groups is 1. The molecule has 8 heteroatoms. The first-order chi connectivity index (χ1) is 12.0. The van der Waals surface area contributed by atoms with Crippen molar-refractivity contribution in [3.05, 3.63) is 23.8 Å². The van der Waals surface area contributed by atoms with Gasteiger partial charge in [0, 0.05) is 32.1 Å². The molecule has 0 spiro atoms. The van der Waals surface area contributed by atoms with Gasteiger partial charge in [0.15, 0.2) is 21.3 Å². The molecule has 2 aliphatic heterocycles. The monoisotopic (exact) mass is 368 g/mol. The van der Waals surface area contributed by atoms with E-state index in [1.54, 1.807) is 4.90 Å². The maximum absolute atomic E-state index is 12.4. The predicted octanol–water partition coefficient (Wildman–Crippen LogP) is 0.931. The Balaban J connectivity index is 1.44. The average Bonchev–Trinajstić information content (AvgIpc) is 3.18. The molecule has 1 fully saturated rings. The zero-order valence-electron chi connectivity index (χ0n) is 14.4. The van der Waals surface area contributed by atoms with Gasteiger partial charge in [0.25, 0.3) is 0 Å². The molecule has 1 aromatic rings. The quantitative estimate of drug-likeness (QED) is 0.721. The van der Waals surface area contributed by atoms with E-state index in [9.17, 15) is 13.2 Å². The summed E-state index contributed by atoms with van der Waals surface area (Å²) in [6, 6.07) is 5.60. The third-order valence-electron chi connectivity index (χ3n) is 4.59. The van der Waals surface area contributed by atoms with Crippen molar-refractivity contribution >= 4 is 15.7 Å². The molecule has 0 aliphatic carbocycles. The van der Waals surface area contributed by atoms with Gasteiger partial charge in [-0.25, -0.2) is 8.42 Å². The maximum atomic E-state index is 12.4. The van der Waals surface area contributed by atoms with Crippen LogP contribution in [0.3, 0.4) is 0 Å². The zero-order valence-corrected chi connectivity index (χ0v) is 15.2. The van der Waals surface area contributed by atoms with Gasteiger partial charge in [-0.2, -0.15) is 0 Å². The number of fused-ring (bicyclic) bond motifs is 1. The van der Waals surface area contributed by atoms with Gasteiger partial charge in [0.1, 0.15) is 0 Å². The molecule has 2 aliphatic rings. The molecule has 1 atom stereocenters. The van der Waals surface area contributed by atoms with E-state index < -0.39 is 9.84 Å². The van der Waals surface area contributed by atoms with Gasteiger partial charge in [0.05, 0.1) is 11.5 Å². The minimum Gasteiger partial charge on any atom is -0.454 e. The molecule has 0 saturated carbocycles. The Morgan fingerprint density at radius 3 is 2.84 bits per heavy atom. The third-order valence-corrected chi connectivity index (χ3v) is 6.34. The Hall–Kier alpha value is -1.80. The Morgan fingerprint density at radius 1 is 1.32 bits per heavy atom. The van der Waals surface area contributed by atoms with E-state index in [1.165, 1.54) is 0 Å². The Bertz CT molecular complexity index is 735. The first-order valence-electron chi connectivity index (χ1n) is 8.57. The molecule has 1 aromatic carbocycles. The van der Waals surface area contributed by atoms with Crippen LogP contribution in [-0.2, 0) is 21.2 Å². The summed E-state index contributed by atoms with van der Waals surface area (Å²) in [6.45, 7) is 3.87. The van der Waals surface area contributed by atoms with E-state index in [2.05, 4.69) is 5.32 Å². The Morgan fingerprint density at radius 2 is 2.12 bits per heavy atom. The molecular formula is C17H24N2O5S. The molecule has 3 rings (SSSR count). The second kappa shape index (κ2) is 7.61. The predicted molar refractivity (Wildman–Crippen MR) is 93.3 cm³/mol. The van der Waals surface area contributed by atoms with Gasteiger partial charge in [-0.05, 0) is 31.0 Å². The lowest BCUT2D eigenvalue weighted by molar-refractivity contribution is -0.132. The molecule has 1 unspecified atom stereocenters. The standard InChI is InChI=1S/C17H24N2O5S/c1-2-19(14-6-8-25(21,22)11-14)17(20)5-7-18-10-13-3-4-15-16(9-13)24-12-23-15/h3-4,9,14,18H,2,5-8,10-12H2,1H3. The second-order valence-corrected chi connectivity index (χ2v) is 8.58. The fourth-order valence-electron chi connectivity index (χ4n) is 3.28. The summed E-state index contributed by atoms with van der Waals surface area (Å²) in [5.41, 5.74) is 1.06. The van der Waals surface area contributed by atoms with Crippen LogP contribution in [0.5, 0.6) is 11.5 Å². The number of carbonyl (C=O) groups excluding carboxylic acids is 1. The van der Waals surface area contributed by atoms with E-state index >= 15 is 0 Å². The van der Waals surface area contributed by atoms with Crippen LogP contribution < -0.4 is 14.8 Å². The van der Waals surface area contributed by atoms with Crippen molar-refractivity contribution in [2.75, 3.05) is 31.4 Å². The van der Waals surface area contributed by atoms with Crippen molar-refractivity contribution in [1.29, 1.82) is 0 Å². The topological polar surface area (TPSA) is 84.9 Å². The van der Waals surface area contributed by atoms with Crippen molar-refractivity contribution in [1.82, 2.24) is 10.2 Å². The normalized spacial score (nSPS) is 20.6. The molecule has 0 bridgehead atoms. The molecule has 138 valence electrons. The van der Waals surface area contributed by atoms with Gasteiger partial charge in [0.2, 0.25) is 12.7 Å². The molecule has 2 heterocycles. The van der Waals surface area contributed by atoms with Crippen molar-refractivity contribution in [2.24, 2.45) is 0 Å². The molecular weight excluding hydrogens is 344 g/mol. The molecule has 7 nitrogen and oxygen atoms in total. The van der Waals surface area contributed by atoms with Crippen LogP contribution in [0.4, 0.5) is 0 Å². The number of rotatable bonds is 7. The summed E-state index contributed by atoms with van der Waals surface area (Å²) in [6.07, 6.45) is 0.904. The van der Waals surface area contributed by atoms with E-state index in [0.717, 1.165) is 17.1 Å². The molecule has 0 aromatic heterocycles. The highest BCUT2D eigenvalue weighted by atomic mass is 32.2. The van der Waals surface area contributed by atoms with Gasteiger partial charge in [-0.1, -0.05) is 6.07 Å². The fraction of sp³-hybridized carbons (Fsp3) is 0.588. The van der Waals surface area contributed by atoms with Crippen molar-refractivity contribution in [2.45, 2.75) is 32.4 Å². The van der Waals surface area contributed by atoms with E-state index in [1.807, 2.05) is 25.1 Å². The van der Waals surface area contributed by atoms with Crippen LogP contribution in [-0.4, -0.2) is 56.7 Å². The maximum Gasteiger partial charge on any atom is 0.231 e. The first-order valence-corrected chi connectivity index (χ1v) is 10.4. The van der Waals surface area contributed by atoms with Crippen molar-refractivity contribution in [3.63, 3.8) is 0 Å². The molecule has 1 N–H and O–H groups in total. The molecule has 0 radical (unpaired) electrons. The SMILES string of the molecule is CCN(C(=O)CCNCc1ccc2c(c1)OCO2)C1CCS(=O)(=O)C1. The summed E-state index contributed by atoms with van der Waals surface area (Å²) in [5, 5.41) is 3.25. The zero-order chi connectivity index (χ0) is 17.9. The molecule has 25 heavy (non-hydrogen) atoms. The lowest BCUT2D eigenvalue weighted by atomic mass is 10.2. The Kier molecular flexibility index (Phi) is 5.48. The van der Waals surface area contributed by atoms with Crippen LogP contribution in [0, 0.1) is 0 Å². The van der Waals surface area contributed by atoms with Crippen molar-refractivity contribution < 1.29 is 22.7 Å². The number of hydrogen-bond acceptors (Lipinski definition) is 6. The van der Waals surface area contributed by atoms with Crippen LogP contribution in [0.2, 0.25) is 0 Å². The fourth-order valence-corrected chi connectivity index (χ4v) is 5.01. The number of nitrogens with zero attached hydrogens (tertiary/aromatic N) is 1. The number of hydrogen-bond donors (Lipinski definition) is 1. The minimum atomic E-state index is -2.98. The second-order valence-electron chi connectivity index (χ2n) is 6.35. The van der Waals surface area contributed by atoms with E-state index in [0.29, 0.717) is 32.5 Å². The van der Waals surface area contributed by atoms with Crippen LogP contribution in [0.1, 0.15) is 25.3 Å². The molecule has 1 amide bonds. The summed E-state index contributed by atoms with van der Waals surface area (Å²) < 4.78 is 33.8. The highest BCUT2D eigenvalue weighted by molar-refractivity contribution is 7.91. The highest BCUT2D eigenvalue weighted by Crippen LogP contribution is 2.32. The van der Waals surface area contributed by atoms with Gasteiger partial charge in [-0.3, -0.25) is 4.79 Å². The Labute approximate surface area is 148 Å². The summed E-state index contributed by atoms with van der Waals surface area (Å²) in [7, 11) is -2.98. The highest BCUT2D eigenvalue weighted by Gasteiger charge is 2.33. The largest absolute Gasteiger partial charge is 0.454 e. The third kappa shape index (κ3) is 4.43. The van der Waals surface area contributed by atoms with Gasteiger partial charge < -0.3 is 19.7 Å². The van der Waals surface area contributed by atoms with E-state index in [4.69, 9.17) is 9.47 Å². The smallest absolute Gasteiger partial charge is 0.231 e. The number of benzene rings is 1. The summed E-state index contributed by atoms with van der Waals surface area (Å²) in [4.78, 5) is 14.1. The number of nitrogens with one attached hydrogen (secondary N) is 1. The van der Waals surface area contributed by atoms with Crippen LogP contribution in [0.15, 0.2) is 18.2 Å². The van der Waals surface area contributed by atoms with Gasteiger partial charge >= 0.3 is 0 Å². The molecule has 1 saturated heterocycles. The number of ether oxygens (including phenoxy) is 2. The van der Waals surface area contributed by atoms with Crippen LogP contribution in [0.25, 0.3) is 0 Å². The first kappa shape index (κ1) is 18.0. The number of carbonyl (C=O) groups is 1. The lowest BCUT2D eigenvalue weighted by Crippen LogP contribution is -2.41.